The number of H-pyrrole nitrogens is 1. The van der Waals surface area contributed by atoms with Crippen molar-refractivity contribution in [1.82, 2.24) is 24.6 Å². The number of fused-ring (bicyclic) bond motifs is 2. The maximum absolute atomic E-state index is 11.7. The van der Waals surface area contributed by atoms with Crippen molar-refractivity contribution < 1.29 is 0 Å². The second-order valence-electron chi connectivity index (χ2n) is 5.64. The van der Waals surface area contributed by atoms with E-state index < -0.39 is 0 Å². The van der Waals surface area contributed by atoms with Crippen LogP contribution in [0.2, 0.25) is 0 Å². The molecule has 2 aromatic heterocycles. The summed E-state index contributed by atoms with van der Waals surface area (Å²) < 4.78 is 2.97. The Morgan fingerprint density at radius 1 is 1.32 bits per heavy atom. The lowest BCUT2D eigenvalue weighted by Gasteiger charge is -2.27. The van der Waals surface area contributed by atoms with Crippen LogP contribution in [0.1, 0.15) is 24.4 Å². The van der Waals surface area contributed by atoms with Crippen molar-refractivity contribution in [3.05, 3.63) is 45.6 Å². The van der Waals surface area contributed by atoms with Gasteiger partial charge in [0.2, 0.25) is 0 Å². The molecule has 0 fully saturated rings. The lowest BCUT2D eigenvalue weighted by Crippen LogP contribution is -2.31. The molecule has 4 rings (SSSR count). The molecule has 0 amide bonds. The standard InChI is InChI=1S/C15H17N5OS/c1-10(11-2-3-13-12(8-11)16-9-22-13)19-5-4-14-17-18-15(21)20(14)7-6-19/h2-3,8-10H,4-7H2,1H3,(H,18,21). The summed E-state index contributed by atoms with van der Waals surface area (Å²) in [5.74, 6) is 0.856. The number of rotatable bonds is 2. The fourth-order valence-corrected chi connectivity index (χ4v) is 3.75. The number of thiazole rings is 1. The summed E-state index contributed by atoms with van der Waals surface area (Å²) in [6.45, 7) is 4.66. The van der Waals surface area contributed by atoms with Gasteiger partial charge in [-0.05, 0) is 24.6 Å². The molecule has 1 aromatic carbocycles. The van der Waals surface area contributed by atoms with E-state index in [0.717, 1.165) is 30.9 Å². The Morgan fingerprint density at radius 3 is 3.14 bits per heavy atom. The van der Waals surface area contributed by atoms with Gasteiger partial charge in [-0.15, -0.1) is 11.3 Å². The second-order valence-corrected chi connectivity index (χ2v) is 6.52. The highest BCUT2D eigenvalue weighted by Gasteiger charge is 2.21. The highest BCUT2D eigenvalue weighted by molar-refractivity contribution is 7.16. The number of nitrogens with one attached hydrogen (secondary N) is 1. The van der Waals surface area contributed by atoms with E-state index in [4.69, 9.17) is 0 Å². The first-order chi connectivity index (χ1) is 10.7. The molecule has 1 unspecified atom stereocenters. The van der Waals surface area contributed by atoms with E-state index in [1.807, 2.05) is 5.51 Å². The fraction of sp³-hybridized carbons (Fsp3) is 0.400. The molecule has 0 saturated carbocycles. The summed E-state index contributed by atoms with van der Waals surface area (Å²) in [6, 6.07) is 6.80. The summed E-state index contributed by atoms with van der Waals surface area (Å²) in [7, 11) is 0. The third-order valence-corrected chi connectivity index (χ3v) is 5.27. The number of hydrogen-bond donors (Lipinski definition) is 1. The Bertz CT molecular complexity index is 864. The Hall–Kier alpha value is -1.99. The lowest BCUT2D eigenvalue weighted by molar-refractivity contribution is 0.214. The predicted octanol–water partition coefficient (Wildman–Crippen LogP) is 1.80. The van der Waals surface area contributed by atoms with Gasteiger partial charge in [0.15, 0.2) is 0 Å². The van der Waals surface area contributed by atoms with E-state index in [2.05, 4.69) is 45.2 Å². The number of nitrogens with zero attached hydrogens (tertiary/aromatic N) is 4. The van der Waals surface area contributed by atoms with Crippen molar-refractivity contribution in [3.8, 4) is 0 Å². The van der Waals surface area contributed by atoms with Crippen LogP contribution < -0.4 is 5.69 Å². The SMILES string of the molecule is CC(c1ccc2scnc2c1)N1CCc2n[nH]c(=O)n2CC1. The second kappa shape index (κ2) is 5.33. The summed E-state index contributed by atoms with van der Waals surface area (Å²) in [5.41, 5.74) is 4.12. The molecule has 3 aromatic rings. The van der Waals surface area contributed by atoms with Gasteiger partial charge < -0.3 is 0 Å². The van der Waals surface area contributed by atoms with Gasteiger partial charge >= 0.3 is 5.69 Å². The zero-order valence-electron chi connectivity index (χ0n) is 12.3. The van der Waals surface area contributed by atoms with E-state index >= 15 is 0 Å². The minimum Gasteiger partial charge on any atom is -0.294 e. The van der Waals surface area contributed by atoms with Gasteiger partial charge in [0, 0.05) is 32.1 Å². The van der Waals surface area contributed by atoms with Gasteiger partial charge in [-0.3, -0.25) is 9.47 Å². The van der Waals surface area contributed by atoms with Crippen LogP contribution in [0.5, 0.6) is 0 Å². The monoisotopic (exact) mass is 315 g/mol. The van der Waals surface area contributed by atoms with Crippen LogP contribution in [0.4, 0.5) is 0 Å². The average molecular weight is 315 g/mol. The molecule has 7 heteroatoms. The van der Waals surface area contributed by atoms with E-state index in [0.29, 0.717) is 12.6 Å². The molecule has 1 aliphatic rings. The van der Waals surface area contributed by atoms with Crippen molar-refractivity contribution in [2.75, 3.05) is 13.1 Å². The Balaban J connectivity index is 1.57. The zero-order valence-corrected chi connectivity index (χ0v) is 13.1. The number of hydrogen-bond acceptors (Lipinski definition) is 5. The Kier molecular flexibility index (Phi) is 3.31. The summed E-state index contributed by atoms with van der Waals surface area (Å²) >= 11 is 1.67. The number of aromatic nitrogens is 4. The topological polar surface area (TPSA) is 66.8 Å². The third-order valence-electron chi connectivity index (χ3n) is 4.46. The first-order valence-electron chi connectivity index (χ1n) is 7.43. The summed E-state index contributed by atoms with van der Waals surface area (Å²) in [5, 5.41) is 6.64. The Morgan fingerprint density at radius 2 is 2.23 bits per heavy atom. The quantitative estimate of drug-likeness (QED) is 0.783. The van der Waals surface area contributed by atoms with Crippen LogP contribution >= 0.6 is 11.3 Å². The van der Waals surface area contributed by atoms with Gasteiger partial charge in [0.1, 0.15) is 5.82 Å². The molecule has 0 radical (unpaired) electrons. The van der Waals surface area contributed by atoms with Gasteiger partial charge in [-0.1, -0.05) is 6.07 Å². The molecule has 22 heavy (non-hydrogen) atoms. The molecular formula is C15H17N5OS. The van der Waals surface area contributed by atoms with Crippen molar-refractivity contribution in [3.63, 3.8) is 0 Å². The van der Waals surface area contributed by atoms with Gasteiger partial charge in [-0.2, -0.15) is 5.10 Å². The number of aromatic amines is 1. The molecule has 114 valence electrons. The molecular weight excluding hydrogens is 298 g/mol. The largest absolute Gasteiger partial charge is 0.343 e. The fourth-order valence-electron chi connectivity index (χ4n) is 3.09. The van der Waals surface area contributed by atoms with E-state index in [9.17, 15) is 4.79 Å². The normalized spacial score (nSPS) is 17.3. The molecule has 1 aliphatic heterocycles. The van der Waals surface area contributed by atoms with Gasteiger partial charge in [0.05, 0.1) is 15.7 Å². The minimum absolute atomic E-state index is 0.103. The summed E-state index contributed by atoms with van der Waals surface area (Å²) in [6.07, 6.45) is 0.794. The first kappa shape index (κ1) is 13.7. The van der Waals surface area contributed by atoms with Gasteiger partial charge in [0.25, 0.3) is 0 Å². The maximum Gasteiger partial charge on any atom is 0.343 e. The maximum atomic E-state index is 11.7. The average Bonchev–Trinajstić information content (AvgIpc) is 3.07. The highest BCUT2D eigenvalue weighted by Crippen LogP contribution is 2.26. The molecule has 0 saturated heterocycles. The number of benzene rings is 1. The van der Waals surface area contributed by atoms with Crippen molar-refractivity contribution in [2.24, 2.45) is 0 Å². The van der Waals surface area contributed by atoms with Crippen LogP contribution in [0.25, 0.3) is 10.2 Å². The van der Waals surface area contributed by atoms with Crippen LogP contribution in [0, 0.1) is 0 Å². The zero-order chi connectivity index (χ0) is 15.1. The molecule has 6 nitrogen and oxygen atoms in total. The minimum atomic E-state index is -0.103. The van der Waals surface area contributed by atoms with Gasteiger partial charge in [-0.25, -0.2) is 14.9 Å². The lowest BCUT2D eigenvalue weighted by atomic mass is 10.1. The molecule has 3 heterocycles. The predicted molar refractivity (Wildman–Crippen MR) is 86.2 cm³/mol. The van der Waals surface area contributed by atoms with Crippen molar-refractivity contribution in [1.29, 1.82) is 0 Å². The summed E-state index contributed by atoms with van der Waals surface area (Å²) in [4.78, 5) is 18.5. The third kappa shape index (κ3) is 2.26. The van der Waals surface area contributed by atoms with Crippen molar-refractivity contribution in [2.45, 2.75) is 25.9 Å². The highest BCUT2D eigenvalue weighted by atomic mass is 32.1. The van der Waals surface area contributed by atoms with Crippen molar-refractivity contribution >= 4 is 21.6 Å². The molecule has 1 atom stereocenters. The molecule has 0 spiro atoms. The molecule has 0 bridgehead atoms. The van der Waals surface area contributed by atoms with E-state index in [-0.39, 0.29) is 5.69 Å². The van der Waals surface area contributed by atoms with Crippen LogP contribution in [0.15, 0.2) is 28.5 Å². The van der Waals surface area contributed by atoms with Crippen LogP contribution in [-0.2, 0) is 13.0 Å². The van der Waals surface area contributed by atoms with Crippen LogP contribution in [-0.4, -0.2) is 37.7 Å². The van der Waals surface area contributed by atoms with Crippen LogP contribution in [0.3, 0.4) is 0 Å². The smallest absolute Gasteiger partial charge is 0.294 e. The first-order valence-corrected chi connectivity index (χ1v) is 8.31. The Labute approximate surface area is 131 Å². The van der Waals surface area contributed by atoms with E-state index in [1.54, 1.807) is 15.9 Å². The molecule has 1 N–H and O–H groups in total. The molecule has 0 aliphatic carbocycles. The van der Waals surface area contributed by atoms with E-state index in [1.165, 1.54) is 10.3 Å².